The summed E-state index contributed by atoms with van der Waals surface area (Å²) in [5.74, 6) is 0.906. The number of aliphatic hydroxyl groups is 1. The van der Waals surface area contributed by atoms with Crippen LogP contribution in [0.25, 0.3) is 6.08 Å². The number of nitrogen functional groups attached to an aromatic ring is 1. The number of rotatable bonds is 3. The third-order valence-electron chi connectivity index (χ3n) is 1.54. The van der Waals surface area contributed by atoms with Crippen LogP contribution in [0.4, 0.5) is 5.82 Å². The molecule has 0 aliphatic carbocycles. The number of aliphatic hydroxyl groups excluding tert-OH is 1. The fourth-order valence-electron chi connectivity index (χ4n) is 0.914. The van der Waals surface area contributed by atoms with Crippen LogP contribution in [0, 0.1) is 0 Å². The molecule has 1 rings (SSSR count). The standard InChI is InChI=1S/C9H12N2O2/c1-13-8-5-7(3-2-4-12)6-11-9(8)10/h2-3,5-6,12H,4H2,1H3,(H2,10,11). The summed E-state index contributed by atoms with van der Waals surface area (Å²) in [4.78, 5) is 3.92. The molecule has 4 nitrogen and oxygen atoms in total. The van der Waals surface area contributed by atoms with Crippen molar-refractivity contribution in [2.24, 2.45) is 0 Å². The number of hydrogen-bond acceptors (Lipinski definition) is 4. The van der Waals surface area contributed by atoms with Crippen LogP contribution in [0.15, 0.2) is 18.3 Å². The smallest absolute Gasteiger partial charge is 0.166 e. The highest BCUT2D eigenvalue weighted by atomic mass is 16.5. The molecule has 0 aliphatic rings. The number of anilines is 1. The Bertz CT molecular complexity index is 310. The fraction of sp³-hybridized carbons (Fsp3) is 0.222. The predicted octanol–water partition coefficient (Wildman–Crippen LogP) is 0.678. The minimum atomic E-state index is 0.00664. The van der Waals surface area contributed by atoms with Crippen LogP contribution < -0.4 is 10.5 Å². The first-order chi connectivity index (χ1) is 6.27. The molecule has 0 aliphatic heterocycles. The van der Waals surface area contributed by atoms with Crippen molar-refractivity contribution < 1.29 is 9.84 Å². The molecular weight excluding hydrogens is 168 g/mol. The Hall–Kier alpha value is -1.55. The minimum Gasteiger partial charge on any atom is -0.493 e. The molecule has 0 amide bonds. The van der Waals surface area contributed by atoms with Gasteiger partial charge >= 0.3 is 0 Å². The molecule has 0 saturated carbocycles. The van der Waals surface area contributed by atoms with E-state index in [2.05, 4.69) is 4.98 Å². The maximum absolute atomic E-state index is 8.55. The molecule has 0 bridgehead atoms. The van der Waals surface area contributed by atoms with Gasteiger partial charge in [-0.05, 0) is 11.6 Å². The van der Waals surface area contributed by atoms with E-state index in [1.165, 1.54) is 7.11 Å². The third kappa shape index (κ3) is 2.45. The Labute approximate surface area is 76.7 Å². The predicted molar refractivity (Wildman–Crippen MR) is 51.3 cm³/mol. The lowest BCUT2D eigenvalue weighted by molar-refractivity contribution is 0.343. The summed E-state index contributed by atoms with van der Waals surface area (Å²) in [5, 5.41) is 8.55. The zero-order valence-electron chi connectivity index (χ0n) is 7.40. The summed E-state index contributed by atoms with van der Waals surface area (Å²) in [6.45, 7) is 0.00664. The largest absolute Gasteiger partial charge is 0.493 e. The van der Waals surface area contributed by atoms with Gasteiger partial charge in [-0.2, -0.15) is 0 Å². The van der Waals surface area contributed by atoms with E-state index in [4.69, 9.17) is 15.6 Å². The lowest BCUT2D eigenvalue weighted by atomic mass is 10.2. The lowest BCUT2D eigenvalue weighted by Gasteiger charge is -2.03. The molecule has 1 aromatic rings. The molecule has 70 valence electrons. The number of pyridine rings is 1. The van der Waals surface area contributed by atoms with Gasteiger partial charge in [0.05, 0.1) is 13.7 Å². The van der Waals surface area contributed by atoms with E-state index < -0.39 is 0 Å². The van der Waals surface area contributed by atoms with Crippen LogP contribution in [0.1, 0.15) is 5.56 Å². The van der Waals surface area contributed by atoms with Gasteiger partial charge in [-0.1, -0.05) is 12.2 Å². The van der Waals surface area contributed by atoms with E-state index in [0.717, 1.165) is 5.56 Å². The Morgan fingerprint density at radius 2 is 2.46 bits per heavy atom. The molecule has 0 unspecified atom stereocenters. The second-order valence-electron chi connectivity index (χ2n) is 2.44. The number of nitrogens with zero attached hydrogens (tertiary/aromatic N) is 1. The molecule has 3 N–H and O–H groups in total. The summed E-state index contributed by atoms with van der Waals surface area (Å²) in [6.07, 6.45) is 4.98. The normalized spacial score (nSPS) is 10.6. The zero-order chi connectivity index (χ0) is 9.68. The van der Waals surface area contributed by atoms with Gasteiger partial charge in [-0.25, -0.2) is 4.98 Å². The Kier molecular flexibility index (Phi) is 3.28. The maximum Gasteiger partial charge on any atom is 0.166 e. The molecule has 0 saturated heterocycles. The van der Waals surface area contributed by atoms with Crippen molar-refractivity contribution >= 4 is 11.9 Å². The van der Waals surface area contributed by atoms with E-state index in [1.807, 2.05) is 0 Å². The molecule has 1 aromatic heterocycles. The summed E-state index contributed by atoms with van der Waals surface area (Å²) < 4.78 is 4.98. The van der Waals surface area contributed by atoms with Crippen molar-refractivity contribution in [1.82, 2.24) is 4.98 Å². The summed E-state index contributed by atoms with van der Waals surface area (Å²) in [7, 11) is 1.53. The molecule has 0 aromatic carbocycles. The Balaban J connectivity index is 2.92. The number of aromatic nitrogens is 1. The minimum absolute atomic E-state index is 0.00664. The van der Waals surface area contributed by atoms with Crippen molar-refractivity contribution in [2.45, 2.75) is 0 Å². The molecular formula is C9H12N2O2. The molecule has 13 heavy (non-hydrogen) atoms. The van der Waals surface area contributed by atoms with Crippen molar-refractivity contribution in [3.8, 4) is 5.75 Å². The van der Waals surface area contributed by atoms with Gasteiger partial charge in [0.1, 0.15) is 0 Å². The molecule has 0 fully saturated rings. The summed E-state index contributed by atoms with van der Waals surface area (Å²) >= 11 is 0. The van der Waals surface area contributed by atoms with Gasteiger partial charge in [-0.3, -0.25) is 0 Å². The second kappa shape index (κ2) is 4.47. The molecule has 0 atom stereocenters. The molecule has 4 heteroatoms. The van der Waals surface area contributed by atoms with Gasteiger partial charge in [-0.15, -0.1) is 0 Å². The highest BCUT2D eigenvalue weighted by Gasteiger charge is 1.99. The maximum atomic E-state index is 8.55. The number of ether oxygens (including phenoxy) is 1. The molecule has 1 heterocycles. The van der Waals surface area contributed by atoms with E-state index in [1.54, 1.807) is 24.4 Å². The van der Waals surface area contributed by atoms with Crippen LogP contribution in [0.5, 0.6) is 5.75 Å². The quantitative estimate of drug-likeness (QED) is 0.717. The number of hydrogen-bond donors (Lipinski definition) is 2. The van der Waals surface area contributed by atoms with Crippen LogP contribution in [-0.4, -0.2) is 23.8 Å². The molecule has 0 spiro atoms. The first-order valence-corrected chi connectivity index (χ1v) is 3.85. The summed E-state index contributed by atoms with van der Waals surface area (Å²) in [6, 6.07) is 1.76. The zero-order valence-corrected chi connectivity index (χ0v) is 7.40. The topological polar surface area (TPSA) is 68.4 Å². The van der Waals surface area contributed by atoms with Gasteiger partial charge in [0, 0.05) is 6.20 Å². The highest BCUT2D eigenvalue weighted by Crippen LogP contribution is 2.19. The van der Waals surface area contributed by atoms with E-state index in [9.17, 15) is 0 Å². The van der Waals surface area contributed by atoms with Gasteiger partial charge < -0.3 is 15.6 Å². The van der Waals surface area contributed by atoms with E-state index >= 15 is 0 Å². The second-order valence-corrected chi connectivity index (χ2v) is 2.44. The number of nitrogens with two attached hydrogens (primary N) is 1. The van der Waals surface area contributed by atoms with Crippen molar-refractivity contribution in [3.05, 3.63) is 23.9 Å². The van der Waals surface area contributed by atoms with Crippen LogP contribution in [0.2, 0.25) is 0 Å². The van der Waals surface area contributed by atoms with E-state index in [0.29, 0.717) is 11.6 Å². The van der Waals surface area contributed by atoms with Gasteiger partial charge in [0.15, 0.2) is 11.6 Å². The summed E-state index contributed by atoms with van der Waals surface area (Å²) in [5.41, 5.74) is 6.37. The third-order valence-corrected chi connectivity index (χ3v) is 1.54. The average Bonchev–Trinajstić information content (AvgIpc) is 2.16. The van der Waals surface area contributed by atoms with Gasteiger partial charge in [0.2, 0.25) is 0 Å². The van der Waals surface area contributed by atoms with Crippen molar-refractivity contribution in [3.63, 3.8) is 0 Å². The molecule has 0 radical (unpaired) electrons. The van der Waals surface area contributed by atoms with Crippen LogP contribution in [-0.2, 0) is 0 Å². The van der Waals surface area contributed by atoms with Gasteiger partial charge in [0.25, 0.3) is 0 Å². The first-order valence-electron chi connectivity index (χ1n) is 3.85. The lowest BCUT2D eigenvalue weighted by Crippen LogP contribution is -1.95. The van der Waals surface area contributed by atoms with Crippen molar-refractivity contribution in [2.75, 3.05) is 19.5 Å². The Morgan fingerprint density at radius 3 is 3.08 bits per heavy atom. The highest BCUT2D eigenvalue weighted by molar-refractivity contribution is 5.56. The Morgan fingerprint density at radius 1 is 1.69 bits per heavy atom. The fourth-order valence-corrected chi connectivity index (χ4v) is 0.914. The van der Waals surface area contributed by atoms with E-state index in [-0.39, 0.29) is 6.61 Å². The monoisotopic (exact) mass is 180 g/mol. The van der Waals surface area contributed by atoms with Crippen LogP contribution >= 0.6 is 0 Å². The van der Waals surface area contributed by atoms with Crippen molar-refractivity contribution in [1.29, 1.82) is 0 Å². The number of methoxy groups -OCH3 is 1. The first kappa shape index (κ1) is 9.54. The average molecular weight is 180 g/mol. The SMILES string of the molecule is COc1cc(C=CCO)cnc1N. The van der Waals surface area contributed by atoms with Crippen LogP contribution in [0.3, 0.4) is 0 Å².